The van der Waals surface area contributed by atoms with Crippen molar-refractivity contribution in [3.8, 4) is 0 Å². The van der Waals surface area contributed by atoms with Crippen LogP contribution in [-0.2, 0) is 0 Å². The summed E-state index contributed by atoms with van der Waals surface area (Å²) in [4.78, 5) is 19.7. The van der Waals surface area contributed by atoms with Gasteiger partial charge in [0, 0.05) is 0 Å². The summed E-state index contributed by atoms with van der Waals surface area (Å²) in [6, 6.07) is 5.64. The van der Waals surface area contributed by atoms with Gasteiger partial charge in [-0.25, -0.2) is 0 Å². The van der Waals surface area contributed by atoms with E-state index in [1.807, 2.05) is 0 Å². The first-order valence-corrected chi connectivity index (χ1v) is 4.11. The molecule has 0 aromatic carbocycles. The fourth-order valence-corrected chi connectivity index (χ4v) is 0.789. The summed E-state index contributed by atoms with van der Waals surface area (Å²) in [5.74, 6) is -2.83. The average Bonchev–Trinajstić information content (AvgIpc) is 2.93. The van der Waals surface area contributed by atoms with Gasteiger partial charge < -0.3 is 39.6 Å². The first-order valence-electron chi connectivity index (χ1n) is 4.11. The molecule has 2 aromatic rings. The molecule has 2 rings (SSSR count). The Kier molecular flexibility index (Phi) is 14.1. The van der Waals surface area contributed by atoms with Crippen LogP contribution in [0.25, 0.3) is 0 Å². The van der Waals surface area contributed by atoms with Crippen molar-refractivity contribution in [3.05, 3.63) is 48.3 Å². The molecule has 0 bridgehead atoms. The van der Waals surface area contributed by atoms with Crippen molar-refractivity contribution in [3.63, 3.8) is 0 Å². The zero-order chi connectivity index (χ0) is 12.0. The molecule has 0 spiro atoms. The number of carbonyl (C=O) groups is 2. The van der Waals surface area contributed by atoms with Crippen LogP contribution < -0.4 is 10.2 Å². The molecule has 9 heteroatoms. The van der Waals surface area contributed by atoms with E-state index in [0.717, 1.165) is 0 Å². The Balaban J connectivity index is -0.000000233. The number of hydrogen-bond acceptors (Lipinski definition) is 6. The van der Waals surface area contributed by atoms with Gasteiger partial charge in [-0.1, -0.05) is 0 Å². The van der Waals surface area contributed by atoms with Crippen LogP contribution in [0.3, 0.4) is 0 Å². The second-order valence-corrected chi connectivity index (χ2v) is 2.53. The molecule has 0 fully saturated rings. The number of carboxylic acid groups (broad SMARTS) is 2. The van der Waals surface area contributed by atoms with Gasteiger partial charge in [-0.3, -0.25) is 0 Å². The van der Waals surface area contributed by atoms with E-state index in [0.29, 0.717) is 0 Å². The maximum atomic E-state index is 9.86. The van der Waals surface area contributed by atoms with E-state index in [2.05, 4.69) is 8.83 Å². The smallest absolute Gasteiger partial charge is 0.542 e. The summed E-state index contributed by atoms with van der Waals surface area (Å²) in [6.07, 6.45) is 2.57. The van der Waals surface area contributed by atoms with Crippen molar-refractivity contribution >= 4 is 49.7 Å². The van der Waals surface area contributed by atoms with Crippen LogP contribution >= 0.6 is 0 Å². The van der Waals surface area contributed by atoms with Crippen LogP contribution in [-0.4, -0.2) is 60.6 Å². The Bertz CT molecular complexity index is 404. The van der Waals surface area contributed by atoms with Gasteiger partial charge in [0.2, 0.25) is 0 Å². The molecule has 0 aliphatic heterocycles. The van der Waals surface area contributed by atoms with Gasteiger partial charge >= 0.3 is 37.7 Å². The van der Waals surface area contributed by atoms with Crippen molar-refractivity contribution in [1.82, 2.24) is 0 Å². The Labute approximate surface area is 137 Å². The Morgan fingerprint density at radius 1 is 0.842 bits per heavy atom. The van der Waals surface area contributed by atoms with Crippen molar-refractivity contribution in [2.24, 2.45) is 0 Å². The molecule has 0 saturated heterocycles. The average molecular weight is 298 g/mol. The summed E-state index contributed by atoms with van der Waals surface area (Å²) in [6.45, 7) is 0. The molecule has 0 aliphatic carbocycles. The number of furan rings is 2. The molecule has 4 N–H and O–H groups in total. The van der Waals surface area contributed by atoms with Gasteiger partial charge in [0.1, 0.15) is 23.5 Å². The summed E-state index contributed by atoms with van der Waals surface area (Å²) in [7, 11) is 0. The molecule has 2 aromatic heterocycles. The van der Waals surface area contributed by atoms with Crippen LogP contribution in [0, 0.1) is 0 Å². The fraction of sp³-hybridized carbons (Fsp3) is 0. The largest absolute Gasteiger partial charge is 2.00 e. The van der Waals surface area contributed by atoms with Crippen LogP contribution in [0.5, 0.6) is 0 Å². The van der Waals surface area contributed by atoms with Crippen molar-refractivity contribution in [2.75, 3.05) is 0 Å². The quantitative estimate of drug-likeness (QED) is 0.544. The molecule has 100 valence electrons. The fourth-order valence-electron chi connectivity index (χ4n) is 0.789. The van der Waals surface area contributed by atoms with E-state index >= 15 is 0 Å². The molecule has 0 atom stereocenters. The number of carbonyl (C=O) groups excluding carboxylic acids is 2. The minimum Gasteiger partial charge on any atom is -0.542 e. The van der Waals surface area contributed by atoms with Gasteiger partial charge in [-0.2, -0.15) is 0 Å². The van der Waals surface area contributed by atoms with E-state index in [1.54, 1.807) is 0 Å². The zero-order valence-corrected chi connectivity index (χ0v) is 11.8. The zero-order valence-electron chi connectivity index (χ0n) is 9.62. The topological polar surface area (TPSA) is 170 Å². The van der Waals surface area contributed by atoms with Gasteiger partial charge in [0.05, 0.1) is 12.5 Å². The second-order valence-electron chi connectivity index (χ2n) is 2.53. The predicted octanol–water partition coefficient (Wildman–Crippen LogP) is -2.74. The summed E-state index contributed by atoms with van der Waals surface area (Å²) >= 11 is 0. The minimum atomic E-state index is -1.28. The third-order valence-electron chi connectivity index (χ3n) is 1.44. The molecule has 0 unspecified atom stereocenters. The maximum absolute atomic E-state index is 9.86. The Morgan fingerprint density at radius 2 is 1.16 bits per heavy atom. The van der Waals surface area contributed by atoms with Crippen LogP contribution in [0.4, 0.5) is 0 Å². The monoisotopic (exact) mass is 298 g/mol. The van der Waals surface area contributed by atoms with E-state index in [9.17, 15) is 19.8 Å². The van der Waals surface area contributed by atoms with Gasteiger partial charge in [0.25, 0.3) is 0 Å². The minimum absolute atomic E-state index is 0. The standard InChI is InChI=1S/2C5H4O3.Ca.2H2O/c2*6-5(7)4-2-1-3-8-4;;;/h2*1-3H,(H,6,7);;2*1H2/q;;+2;;/p-2. The van der Waals surface area contributed by atoms with Crippen molar-refractivity contribution in [2.45, 2.75) is 0 Å². The van der Waals surface area contributed by atoms with Gasteiger partial charge in [-0.15, -0.1) is 0 Å². The molecule has 0 radical (unpaired) electrons. The molecule has 0 aliphatic rings. The summed E-state index contributed by atoms with van der Waals surface area (Å²) in [5.41, 5.74) is 0. The number of rotatable bonds is 2. The summed E-state index contributed by atoms with van der Waals surface area (Å²) < 4.78 is 8.87. The molecule has 8 nitrogen and oxygen atoms in total. The summed E-state index contributed by atoms with van der Waals surface area (Å²) in [5, 5.41) is 19.7. The number of aromatic carboxylic acids is 2. The van der Waals surface area contributed by atoms with Crippen molar-refractivity contribution < 1.29 is 39.6 Å². The number of hydrogen-bond donors (Lipinski definition) is 0. The third kappa shape index (κ3) is 8.40. The van der Waals surface area contributed by atoms with E-state index < -0.39 is 11.9 Å². The van der Waals surface area contributed by atoms with E-state index in [4.69, 9.17) is 0 Å². The normalized spacial score (nSPS) is 7.58. The van der Waals surface area contributed by atoms with Crippen LogP contribution in [0.1, 0.15) is 21.1 Å². The van der Waals surface area contributed by atoms with E-state index in [-0.39, 0.29) is 60.2 Å². The SMILES string of the molecule is O.O.O=C([O-])c1ccco1.O=C([O-])c1ccco1.[Ca+2]. The van der Waals surface area contributed by atoms with Gasteiger partial charge in [-0.05, 0) is 24.3 Å². The first kappa shape index (κ1) is 22.8. The van der Waals surface area contributed by atoms with Crippen molar-refractivity contribution in [1.29, 1.82) is 0 Å². The molecule has 0 saturated carbocycles. The van der Waals surface area contributed by atoms with E-state index in [1.165, 1.54) is 36.8 Å². The molecular formula is C10H10CaO8. The Morgan fingerprint density at radius 3 is 1.26 bits per heavy atom. The predicted molar refractivity (Wildman–Crippen MR) is 59.1 cm³/mol. The molecule has 0 amide bonds. The molecule has 19 heavy (non-hydrogen) atoms. The third-order valence-corrected chi connectivity index (χ3v) is 1.44. The molecular weight excluding hydrogens is 288 g/mol. The van der Waals surface area contributed by atoms with Crippen LogP contribution in [0.2, 0.25) is 0 Å². The van der Waals surface area contributed by atoms with Crippen LogP contribution in [0.15, 0.2) is 45.6 Å². The second kappa shape index (κ2) is 11.8. The Hall–Kier alpha value is -1.32. The maximum Gasteiger partial charge on any atom is 2.00 e. The van der Waals surface area contributed by atoms with Gasteiger partial charge in [0.15, 0.2) is 0 Å². The first-order chi connectivity index (χ1) is 7.61. The number of carboxylic acids is 2. The molecule has 2 heterocycles.